The van der Waals surface area contributed by atoms with Crippen LogP contribution in [-0.4, -0.2) is 76.0 Å². The Morgan fingerprint density at radius 2 is 1.45 bits per heavy atom. The fourth-order valence-electron chi connectivity index (χ4n) is 8.43. The summed E-state index contributed by atoms with van der Waals surface area (Å²) in [5, 5.41) is 24.5. The number of fused-ring (bicyclic) bond motifs is 3. The number of hydrogen-bond donors (Lipinski definition) is 2. The SMILES string of the molecule is C=CC1(C)CC(O)C2C(O)(C1=O)C(OC(C)=O)CC1C(C)(C)C(OC(C)=O)C(OC(C)=O)C(OC(=O)c3ccccc3)C12C. The minimum Gasteiger partial charge on any atom is -0.459 e. The minimum atomic E-state index is -2.46. The number of benzene rings is 1. The van der Waals surface area contributed by atoms with Crippen molar-refractivity contribution in [2.45, 2.75) is 97.4 Å². The highest BCUT2D eigenvalue weighted by Crippen LogP contribution is 2.67. The van der Waals surface area contributed by atoms with Crippen molar-refractivity contribution < 1.29 is 53.1 Å². The fraction of sp³-hybridized carbons (Fsp3) is 0.606. The van der Waals surface area contributed by atoms with Gasteiger partial charge in [0.05, 0.1) is 11.7 Å². The quantitative estimate of drug-likeness (QED) is 0.275. The first-order valence-electron chi connectivity index (χ1n) is 14.7. The van der Waals surface area contributed by atoms with E-state index >= 15 is 0 Å². The Balaban J connectivity index is 2.03. The maximum Gasteiger partial charge on any atom is 0.338 e. The van der Waals surface area contributed by atoms with Crippen LogP contribution in [0.1, 0.15) is 71.7 Å². The van der Waals surface area contributed by atoms with Gasteiger partial charge in [-0.2, -0.15) is 0 Å². The Morgan fingerprint density at radius 3 is 1.98 bits per heavy atom. The second-order valence-electron chi connectivity index (χ2n) is 13.4. The lowest BCUT2D eigenvalue weighted by atomic mass is 9.38. The molecule has 0 bridgehead atoms. The highest BCUT2D eigenvalue weighted by Gasteiger charge is 2.78. The molecule has 240 valence electrons. The molecule has 0 heterocycles. The second-order valence-corrected chi connectivity index (χ2v) is 13.4. The lowest BCUT2D eigenvalue weighted by Crippen LogP contribution is -2.80. The molecule has 0 radical (unpaired) electrons. The van der Waals surface area contributed by atoms with Gasteiger partial charge < -0.3 is 29.2 Å². The summed E-state index contributed by atoms with van der Waals surface area (Å²) in [5.74, 6) is -5.82. The molecule has 10 atom stereocenters. The van der Waals surface area contributed by atoms with Crippen molar-refractivity contribution in [1.82, 2.24) is 0 Å². The molecule has 4 rings (SSSR count). The molecule has 3 saturated carbocycles. The van der Waals surface area contributed by atoms with Gasteiger partial charge in [0.25, 0.3) is 0 Å². The number of hydrogen-bond acceptors (Lipinski definition) is 11. The average molecular weight is 615 g/mol. The van der Waals surface area contributed by atoms with Crippen LogP contribution in [0.4, 0.5) is 0 Å². The number of esters is 4. The van der Waals surface area contributed by atoms with E-state index in [0.717, 1.165) is 13.8 Å². The third-order valence-electron chi connectivity index (χ3n) is 10.2. The van der Waals surface area contributed by atoms with Crippen LogP contribution in [-0.2, 0) is 38.1 Å². The molecule has 1 aromatic carbocycles. The molecular weight excluding hydrogens is 572 g/mol. The van der Waals surface area contributed by atoms with Crippen molar-refractivity contribution >= 4 is 29.7 Å². The van der Waals surface area contributed by atoms with E-state index < -0.39 is 93.9 Å². The zero-order valence-corrected chi connectivity index (χ0v) is 26.2. The molecule has 44 heavy (non-hydrogen) atoms. The third kappa shape index (κ3) is 5.13. The largest absolute Gasteiger partial charge is 0.459 e. The number of ether oxygens (including phenoxy) is 4. The molecule has 10 unspecified atom stereocenters. The van der Waals surface area contributed by atoms with E-state index in [1.807, 2.05) is 0 Å². The van der Waals surface area contributed by atoms with Gasteiger partial charge in [0.2, 0.25) is 0 Å². The zero-order valence-electron chi connectivity index (χ0n) is 26.2. The maximum absolute atomic E-state index is 14.3. The van der Waals surface area contributed by atoms with E-state index in [9.17, 15) is 34.2 Å². The van der Waals surface area contributed by atoms with Gasteiger partial charge in [-0.15, -0.1) is 6.58 Å². The highest BCUT2D eigenvalue weighted by atomic mass is 16.6. The fourth-order valence-corrected chi connectivity index (χ4v) is 8.43. The van der Waals surface area contributed by atoms with Crippen LogP contribution in [0, 0.1) is 28.1 Å². The van der Waals surface area contributed by atoms with Crippen molar-refractivity contribution in [3.63, 3.8) is 0 Å². The van der Waals surface area contributed by atoms with Crippen molar-refractivity contribution in [2.75, 3.05) is 0 Å². The van der Waals surface area contributed by atoms with Gasteiger partial charge in [0, 0.05) is 42.9 Å². The van der Waals surface area contributed by atoms with Gasteiger partial charge in [-0.25, -0.2) is 4.79 Å². The number of carbonyl (C=O) groups is 5. The van der Waals surface area contributed by atoms with Gasteiger partial charge in [-0.1, -0.05) is 45.0 Å². The molecule has 11 nitrogen and oxygen atoms in total. The first-order chi connectivity index (χ1) is 20.3. The predicted molar refractivity (Wildman–Crippen MR) is 155 cm³/mol. The summed E-state index contributed by atoms with van der Waals surface area (Å²) >= 11 is 0. The van der Waals surface area contributed by atoms with Crippen LogP contribution in [0.3, 0.4) is 0 Å². The molecule has 0 spiro atoms. The zero-order chi connectivity index (χ0) is 33.0. The van der Waals surface area contributed by atoms with E-state index in [2.05, 4.69) is 6.58 Å². The van der Waals surface area contributed by atoms with Crippen molar-refractivity contribution in [2.24, 2.45) is 28.1 Å². The van der Waals surface area contributed by atoms with Gasteiger partial charge in [-0.05, 0) is 37.8 Å². The Bertz CT molecular complexity index is 1350. The molecule has 3 aliphatic rings. The summed E-state index contributed by atoms with van der Waals surface area (Å²) in [6, 6.07) is 8.05. The summed E-state index contributed by atoms with van der Waals surface area (Å²) in [4.78, 5) is 65.3. The topological polar surface area (TPSA) is 163 Å². The number of carbonyl (C=O) groups excluding carboxylic acids is 5. The Kier molecular flexibility index (Phi) is 8.64. The standard InChI is InChI=1S/C33H42O11/c1-9-31(7)16-21(37)25-32(8)22(15-23(41-17(2)34)33(25,40)29(31)39)30(5,6)26(43-19(4)36)24(42-18(3)35)27(32)44-28(38)20-13-11-10-12-14-20/h9-14,21-27,37,40H,1,15-16H2,2-8H3. The van der Waals surface area contributed by atoms with E-state index in [0.29, 0.717) is 0 Å². The molecule has 1 aromatic rings. The monoisotopic (exact) mass is 614 g/mol. The summed E-state index contributed by atoms with van der Waals surface area (Å²) in [6.07, 6.45) is -5.75. The summed E-state index contributed by atoms with van der Waals surface area (Å²) in [7, 11) is 0. The molecule has 0 aliphatic heterocycles. The smallest absolute Gasteiger partial charge is 0.338 e. The molecule has 3 aliphatic carbocycles. The number of ketones is 1. The molecular formula is C33H42O11. The van der Waals surface area contributed by atoms with E-state index in [1.165, 1.54) is 32.1 Å². The van der Waals surface area contributed by atoms with Gasteiger partial charge in [-0.3, -0.25) is 19.2 Å². The van der Waals surface area contributed by atoms with E-state index in [1.54, 1.807) is 39.0 Å². The van der Waals surface area contributed by atoms with Crippen LogP contribution in [0.2, 0.25) is 0 Å². The Labute approximate surface area is 256 Å². The molecule has 0 amide bonds. The number of allylic oxidation sites excluding steroid dienone is 1. The second kappa shape index (κ2) is 11.4. The first kappa shape index (κ1) is 33.3. The molecule has 0 saturated heterocycles. The Hall–Kier alpha value is -3.57. The van der Waals surface area contributed by atoms with Crippen molar-refractivity contribution in [1.29, 1.82) is 0 Å². The number of aliphatic hydroxyl groups is 2. The number of aliphatic hydroxyl groups excluding tert-OH is 1. The lowest BCUT2D eigenvalue weighted by molar-refractivity contribution is -0.315. The lowest BCUT2D eigenvalue weighted by Gasteiger charge is -2.69. The number of Topliss-reactive ketones (excluding diaryl/α,β-unsaturated/α-hetero) is 1. The first-order valence-corrected chi connectivity index (χ1v) is 14.7. The molecule has 11 heteroatoms. The number of rotatable bonds is 6. The Morgan fingerprint density at radius 1 is 0.886 bits per heavy atom. The summed E-state index contributed by atoms with van der Waals surface area (Å²) in [6.45, 7) is 14.0. The molecule has 3 fully saturated rings. The molecule has 0 aromatic heterocycles. The minimum absolute atomic E-state index is 0.133. The van der Waals surface area contributed by atoms with Crippen molar-refractivity contribution in [3.8, 4) is 0 Å². The van der Waals surface area contributed by atoms with Gasteiger partial charge >= 0.3 is 23.9 Å². The van der Waals surface area contributed by atoms with Gasteiger partial charge in [0.1, 0.15) is 18.3 Å². The van der Waals surface area contributed by atoms with Crippen LogP contribution in [0.5, 0.6) is 0 Å². The van der Waals surface area contributed by atoms with Crippen LogP contribution in [0.25, 0.3) is 0 Å². The van der Waals surface area contributed by atoms with Crippen LogP contribution < -0.4 is 0 Å². The summed E-state index contributed by atoms with van der Waals surface area (Å²) < 4.78 is 23.4. The predicted octanol–water partition coefficient (Wildman–Crippen LogP) is 2.95. The normalized spacial score (nSPS) is 39.1. The van der Waals surface area contributed by atoms with Crippen LogP contribution >= 0.6 is 0 Å². The third-order valence-corrected chi connectivity index (χ3v) is 10.2. The van der Waals surface area contributed by atoms with Crippen molar-refractivity contribution in [3.05, 3.63) is 48.6 Å². The average Bonchev–Trinajstić information content (AvgIpc) is 2.93. The molecule has 2 N–H and O–H groups in total. The summed E-state index contributed by atoms with van der Waals surface area (Å²) in [5.41, 5.74) is -6.28. The van der Waals surface area contributed by atoms with E-state index in [-0.39, 0.29) is 18.4 Å². The maximum atomic E-state index is 14.3. The van der Waals surface area contributed by atoms with Crippen LogP contribution in [0.15, 0.2) is 43.0 Å². The van der Waals surface area contributed by atoms with Gasteiger partial charge in [0.15, 0.2) is 17.5 Å². The van der Waals surface area contributed by atoms with E-state index in [4.69, 9.17) is 18.9 Å². The highest BCUT2D eigenvalue weighted by molar-refractivity contribution is 5.96.